The van der Waals surface area contributed by atoms with Gasteiger partial charge in [0, 0.05) is 44.6 Å². The number of carbonyl (C=O) groups excluding carboxylic acids is 2. The van der Waals surface area contributed by atoms with E-state index in [4.69, 9.17) is 9.47 Å². The summed E-state index contributed by atoms with van der Waals surface area (Å²) in [5.41, 5.74) is -2.18. The van der Waals surface area contributed by atoms with E-state index in [1.54, 1.807) is 56.1 Å². The van der Waals surface area contributed by atoms with E-state index in [9.17, 15) is 35.1 Å². The number of amides is 1. The van der Waals surface area contributed by atoms with E-state index in [2.05, 4.69) is 18.7 Å². The van der Waals surface area contributed by atoms with Gasteiger partial charge in [0.25, 0.3) is 0 Å². The van der Waals surface area contributed by atoms with Gasteiger partial charge in [0.1, 0.15) is 11.7 Å². The van der Waals surface area contributed by atoms with Crippen LogP contribution in [0.1, 0.15) is 94.4 Å². The van der Waals surface area contributed by atoms with Crippen molar-refractivity contribution in [2.75, 3.05) is 26.2 Å². The van der Waals surface area contributed by atoms with E-state index in [0.29, 0.717) is 31.1 Å². The summed E-state index contributed by atoms with van der Waals surface area (Å²) < 4.78 is 11.7. The number of nitrogens with zero attached hydrogens (tertiary/aromatic N) is 2. The lowest BCUT2D eigenvalue weighted by atomic mass is 9.81. The first-order chi connectivity index (χ1) is 22.3. The van der Waals surface area contributed by atoms with E-state index < -0.39 is 59.7 Å². The molecule has 0 saturated carbocycles. The van der Waals surface area contributed by atoms with Crippen molar-refractivity contribution in [2.45, 2.75) is 142 Å². The van der Waals surface area contributed by atoms with Crippen LogP contribution in [0.4, 0.5) is 4.79 Å². The highest BCUT2D eigenvalue weighted by Crippen LogP contribution is 2.29. The Labute approximate surface area is 288 Å². The molecule has 0 aliphatic carbocycles. The van der Waals surface area contributed by atoms with Gasteiger partial charge in [-0.1, -0.05) is 52.0 Å². The lowest BCUT2D eigenvalue weighted by Crippen LogP contribution is -2.52. The monoisotopic (exact) mass is 680 g/mol. The van der Waals surface area contributed by atoms with Crippen molar-refractivity contribution in [3.05, 3.63) is 36.0 Å². The van der Waals surface area contributed by atoms with E-state index >= 15 is 0 Å². The van der Waals surface area contributed by atoms with Gasteiger partial charge in [0.15, 0.2) is 6.10 Å². The van der Waals surface area contributed by atoms with E-state index in [1.807, 2.05) is 27.7 Å². The molecule has 48 heavy (non-hydrogen) atoms. The van der Waals surface area contributed by atoms with Crippen molar-refractivity contribution in [1.82, 2.24) is 9.80 Å². The molecule has 2 aliphatic rings. The molecule has 10 unspecified atom stereocenters. The summed E-state index contributed by atoms with van der Waals surface area (Å²) in [6.45, 7) is 19.2. The molecule has 11 nitrogen and oxygen atoms in total. The number of rotatable bonds is 11. The fourth-order valence-electron chi connectivity index (χ4n) is 6.31. The third-order valence-electron chi connectivity index (χ3n) is 10.2. The number of aliphatic hydroxyl groups excluding tert-OH is 3. The van der Waals surface area contributed by atoms with E-state index in [1.165, 1.54) is 0 Å². The van der Waals surface area contributed by atoms with Gasteiger partial charge in [-0.05, 0) is 77.4 Å². The average molecular weight is 681 g/mol. The number of aliphatic hydroxyl groups is 5. The summed E-state index contributed by atoms with van der Waals surface area (Å²) in [4.78, 5) is 30.0. The Morgan fingerprint density at radius 3 is 2.31 bits per heavy atom. The molecular formula is C37H64N2O9. The van der Waals surface area contributed by atoms with Crippen molar-refractivity contribution in [3.63, 3.8) is 0 Å². The topological polar surface area (TPSA) is 160 Å². The highest BCUT2D eigenvalue weighted by molar-refractivity contribution is 5.70. The maximum atomic E-state index is 13.2. The second-order valence-electron chi connectivity index (χ2n) is 14.9. The Morgan fingerprint density at radius 2 is 1.73 bits per heavy atom. The first-order valence-electron chi connectivity index (χ1n) is 17.7. The molecule has 0 bridgehead atoms. The summed E-state index contributed by atoms with van der Waals surface area (Å²) in [6, 6.07) is 0.381. The minimum absolute atomic E-state index is 0.0707. The van der Waals surface area contributed by atoms with Crippen LogP contribution >= 0.6 is 0 Å². The Hall–Kier alpha value is -2.28. The Morgan fingerprint density at radius 1 is 1.12 bits per heavy atom. The van der Waals surface area contributed by atoms with Gasteiger partial charge in [-0.2, -0.15) is 0 Å². The van der Waals surface area contributed by atoms with E-state index in [0.717, 1.165) is 13.1 Å². The molecule has 10 atom stereocenters. The summed E-state index contributed by atoms with van der Waals surface area (Å²) in [5, 5.41) is 54.0. The predicted molar refractivity (Wildman–Crippen MR) is 186 cm³/mol. The van der Waals surface area contributed by atoms with Crippen LogP contribution in [0, 0.1) is 17.8 Å². The molecule has 1 fully saturated rings. The van der Waals surface area contributed by atoms with Crippen molar-refractivity contribution in [1.29, 1.82) is 0 Å². The molecule has 0 spiro atoms. The first-order valence-corrected chi connectivity index (χ1v) is 17.7. The zero-order valence-electron chi connectivity index (χ0n) is 30.7. The summed E-state index contributed by atoms with van der Waals surface area (Å²) in [7, 11) is 0. The van der Waals surface area contributed by atoms with Crippen LogP contribution in [0.3, 0.4) is 0 Å². The molecule has 1 saturated heterocycles. The number of ether oxygens (including phenoxy) is 2. The predicted octanol–water partition coefficient (Wildman–Crippen LogP) is 3.97. The Kier molecular flexibility index (Phi) is 16.3. The third-order valence-corrected chi connectivity index (χ3v) is 10.2. The number of esters is 1. The van der Waals surface area contributed by atoms with Gasteiger partial charge in [0.2, 0.25) is 0 Å². The first kappa shape index (κ1) is 41.9. The molecule has 0 radical (unpaired) electrons. The van der Waals surface area contributed by atoms with Crippen LogP contribution in [0.25, 0.3) is 0 Å². The largest absolute Gasteiger partial charge is 0.457 e. The number of piperazine rings is 1. The van der Waals surface area contributed by atoms with Crippen LogP contribution in [0.2, 0.25) is 0 Å². The van der Waals surface area contributed by atoms with Crippen LogP contribution in [0.15, 0.2) is 36.0 Å². The van der Waals surface area contributed by atoms with Gasteiger partial charge in [-0.15, -0.1) is 0 Å². The molecule has 2 rings (SSSR count). The molecule has 0 aromatic rings. The second kappa shape index (κ2) is 18.6. The number of hydrogen-bond donors (Lipinski definition) is 5. The summed E-state index contributed by atoms with van der Waals surface area (Å²) in [5.74, 6) is -1.35. The number of allylic oxidation sites excluding steroid dienone is 2. The second-order valence-corrected chi connectivity index (χ2v) is 14.9. The van der Waals surface area contributed by atoms with Crippen LogP contribution in [-0.2, 0) is 14.3 Å². The van der Waals surface area contributed by atoms with E-state index in [-0.39, 0.29) is 37.5 Å². The quantitative estimate of drug-likeness (QED) is 0.123. The standard InChI is InChI=1S/C37H64N2O9/c1-10-30(41)27(6)28(7)31(42)23-36(8,45)16-11-12-25(4)34-26(5)13-14-32(37(9,46)17-15-29(40)22-33(43)48-34)47-35(44)39-20-18-38(19-21-39)24(2)3/h11-14,16,24,26-32,34,40-42,45-46H,10,15,17-23H2,1-9H3. The van der Waals surface area contributed by atoms with Gasteiger partial charge >= 0.3 is 12.1 Å². The van der Waals surface area contributed by atoms with Gasteiger partial charge < -0.3 is 39.9 Å². The fraction of sp³-hybridized carbons (Fsp3) is 0.784. The Bertz CT molecular complexity index is 1110. The maximum Gasteiger partial charge on any atom is 0.410 e. The summed E-state index contributed by atoms with van der Waals surface area (Å²) in [6.07, 6.45) is 4.24. The average Bonchev–Trinajstić information content (AvgIpc) is 3.02. The molecule has 0 aromatic heterocycles. The normalized spacial score (nSPS) is 30.9. The van der Waals surface area contributed by atoms with Crippen molar-refractivity contribution < 1.29 is 44.6 Å². The highest BCUT2D eigenvalue weighted by atomic mass is 16.6. The van der Waals surface area contributed by atoms with Gasteiger partial charge in [0.05, 0.1) is 30.3 Å². The molecule has 11 heteroatoms. The van der Waals surface area contributed by atoms with Crippen molar-refractivity contribution >= 4 is 12.1 Å². The molecule has 2 heterocycles. The minimum atomic E-state index is -1.50. The van der Waals surface area contributed by atoms with Crippen molar-refractivity contribution in [2.24, 2.45) is 17.8 Å². The lowest BCUT2D eigenvalue weighted by Gasteiger charge is -2.38. The molecule has 276 valence electrons. The number of carbonyl (C=O) groups is 2. The van der Waals surface area contributed by atoms with Crippen LogP contribution in [0.5, 0.6) is 0 Å². The SMILES string of the molecule is CCC(O)C(C)C(C)C(O)CC(C)(O)C=CC=C(C)C1OC(=O)CC(O)CCC(C)(O)C(OC(=O)N2CCN(C(C)C)CC2)C=CC1C. The molecule has 0 aromatic carbocycles. The van der Waals surface area contributed by atoms with Gasteiger partial charge in [-0.3, -0.25) is 9.69 Å². The zero-order chi connectivity index (χ0) is 36.4. The minimum Gasteiger partial charge on any atom is -0.457 e. The summed E-state index contributed by atoms with van der Waals surface area (Å²) >= 11 is 0. The maximum absolute atomic E-state index is 13.2. The molecule has 5 N–H and O–H groups in total. The fourth-order valence-corrected chi connectivity index (χ4v) is 6.31. The number of hydrogen-bond acceptors (Lipinski definition) is 10. The molecular weight excluding hydrogens is 616 g/mol. The van der Waals surface area contributed by atoms with Crippen molar-refractivity contribution in [3.8, 4) is 0 Å². The highest BCUT2D eigenvalue weighted by Gasteiger charge is 2.37. The lowest BCUT2D eigenvalue weighted by molar-refractivity contribution is -0.151. The van der Waals surface area contributed by atoms with Crippen LogP contribution < -0.4 is 0 Å². The van der Waals surface area contributed by atoms with Gasteiger partial charge in [-0.25, -0.2) is 4.79 Å². The smallest absolute Gasteiger partial charge is 0.410 e. The zero-order valence-corrected chi connectivity index (χ0v) is 30.7. The third kappa shape index (κ3) is 12.9. The Balaban J connectivity index is 2.25. The molecule has 2 aliphatic heterocycles. The number of cyclic esters (lactones) is 1. The van der Waals surface area contributed by atoms with Crippen LogP contribution in [-0.4, -0.2) is 121 Å². The molecule has 1 amide bonds.